The average Bonchev–Trinajstić information content (AvgIpc) is 2.48. The van der Waals surface area contributed by atoms with Gasteiger partial charge in [0.2, 0.25) is 0 Å². The quantitative estimate of drug-likeness (QED) is 0.643. The first-order chi connectivity index (χ1) is 10.8. The van der Waals surface area contributed by atoms with E-state index in [1.54, 1.807) is 0 Å². The number of nitro benzene ring substituents is 3. The van der Waals surface area contributed by atoms with Gasteiger partial charge in [0.25, 0.3) is 5.69 Å². The molecule has 0 aliphatic rings. The summed E-state index contributed by atoms with van der Waals surface area (Å²) >= 11 is 5.65. The minimum Gasteiger partial charge on any atom is -0.329 e. The van der Waals surface area contributed by atoms with Crippen LogP contribution in [-0.2, 0) is 0 Å². The first kappa shape index (κ1) is 16.0. The second kappa shape index (κ2) is 6.19. The van der Waals surface area contributed by atoms with Gasteiger partial charge in [0.05, 0.1) is 31.9 Å². The summed E-state index contributed by atoms with van der Waals surface area (Å²) in [7, 11) is 0. The molecule has 118 valence electrons. The second-order valence-electron chi connectivity index (χ2n) is 4.12. The lowest BCUT2D eigenvalue weighted by molar-refractivity contribution is -0.401. The number of pyridine rings is 1. The fourth-order valence-corrected chi connectivity index (χ4v) is 1.81. The molecular weight excluding hydrogens is 334 g/mol. The van der Waals surface area contributed by atoms with Crippen molar-refractivity contribution in [2.45, 2.75) is 0 Å². The fourth-order valence-electron chi connectivity index (χ4n) is 1.70. The minimum absolute atomic E-state index is 0.0504. The van der Waals surface area contributed by atoms with Crippen LogP contribution in [-0.4, -0.2) is 19.8 Å². The monoisotopic (exact) mass is 339 g/mol. The number of nitrogens with zero attached hydrogens (tertiary/aromatic N) is 4. The Kier molecular flexibility index (Phi) is 4.32. The highest BCUT2D eigenvalue weighted by Crippen LogP contribution is 2.39. The minimum atomic E-state index is -0.960. The lowest BCUT2D eigenvalue weighted by Crippen LogP contribution is -2.04. The number of aromatic nitrogens is 1. The van der Waals surface area contributed by atoms with E-state index >= 15 is 0 Å². The third-order valence-electron chi connectivity index (χ3n) is 2.67. The highest BCUT2D eigenvalue weighted by atomic mass is 35.5. The van der Waals surface area contributed by atoms with E-state index in [0.29, 0.717) is 17.2 Å². The molecular formula is C11H6ClN5O6. The van der Waals surface area contributed by atoms with Gasteiger partial charge in [-0.1, -0.05) is 11.6 Å². The highest BCUT2D eigenvalue weighted by molar-refractivity contribution is 6.30. The van der Waals surface area contributed by atoms with E-state index in [-0.39, 0.29) is 5.82 Å². The smallest absolute Gasteiger partial charge is 0.306 e. The zero-order chi connectivity index (χ0) is 17.1. The van der Waals surface area contributed by atoms with E-state index in [4.69, 9.17) is 11.6 Å². The Morgan fingerprint density at radius 1 is 0.957 bits per heavy atom. The van der Waals surface area contributed by atoms with Gasteiger partial charge in [-0.2, -0.15) is 0 Å². The van der Waals surface area contributed by atoms with Crippen molar-refractivity contribution in [3.8, 4) is 0 Å². The predicted octanol–water partition coefficient (Wildman–Crippen LogP) is 3.20. The molecule has 0 saturated carbocycles. The lowest BCUT2D eigenvalue weighted by atomic mass is 10.2. The van der Waals surface area contributed by atoms with Crippen LogP contribution >= 0.6 is 11.6 Å². The largest absolute Gasteiger partial charge is 0.329 e. The number of benzene rings is 1. The molecule has 11 nitrogen and oxygen atoms in total. The summed E-state index contributed by atoms with van der Waals surface area (Å²) in [6, 6.07) is 4.02. The molecule has 0 spiro atoms. The van der Waals surface area contributed by atoms with Crippen LogP contribution in [0.2, 0.25) is 5.02 Å². The zero-order valence-electron chi connectivity index (χ0n) is 11.0. The summed E-state index contributed by atoms with van der Waals surface area (Å²) in [4.78, 5) is 33.9. The third kappa shape index (κ3) is 3.47. The summed E-state index contributed by atoms with van der Waals surface area (Å²) in [5.41, 5.74) is -2.91. The van der Waals surface area contributed by atoms with Gasteiger partial charge in [-0.3, -0.25) is 30.3 Å². The molecule has 0 bridgehead atoms. The first-order valence-electron chi connectivity index (χ1n) is 5.79. The number of halogens is 1. The first-order valence-corrected chi connectivity index (χ1v) is 6.17. The lowest BCUT2D eigenvalue weighted by Gasteiger charge is -2.07. The van der Waals surface area contributed by atoms with Crippen molar-refractivity contribution in [3.05, 3.63) is 65.8 Å². The molecule has 0 atom stereocenters. The number of hydrogen-bond acceptors (Lipinski definition) is 8. The van der Waals surface area contributed by atoms with Crippen LogP contribution in [0.25, 0.3) is 0 Å². The number of rotatable bonds is 5. The van der Waals surface area contributed by atoms with E-state index in [0.717, 1.165) is 0 Å². The number of non-ortho nitro benzene ring substituents is 1. The van der Waals surface area contributed by atoms with Crippen molar-refractivity contribution in [2.24, 2.45) is 0 Å². The van der Waals surface area contributed by atoms with Gasteiger partial charge in [-0.05, 0) is 12.1 Å². The summed E-state index contributed by atoms with van der Waals surface area (Å²) in [6.07, 6.45) is 1.23. The van der Waals surface area contributed by atoms with Gasteiger partial charge >= 0.3 is 11.4 Å². The van der Waals surface area contributed by atoms with Gasteiger partial charge in [-0.15, -0.1) is 0 Å². The van der Waals surface area contributed by atoms with Crippen LogP contribution in [0.5, 0.6) is 0 Å². The van der Waals surface area contributed by atoms with Crippen LogP contribution in [0, 0.1) is 30.3 Å². The molecule has 0 amide bonds. The molecule has 1 aromatic heterocycles. The standard InChI is InChI=1S/C11H6ClN5O6/c12-6-1-2-10(13-5-6)14-11-8(16(20)21)3-7(15(18)19)4-9(11)17(22)23/h1-5H,(H,13,14). The number of hydrogen-bond donors (Lipinski definition) is 1. The fraction of sp³-hybridized carbons (Fsp3) is 0. The molecule has 23 heavy (non-hydrogen) atoms. The van der Waals surface area contributed by atoms with E-state index in [2.05, 4.69) is 10.3 Å². The summed E-state index contributed by atoms with van der Waals surface area (Å²) in [5.74, 6) is 0.0504. The van der Waals surface area contributed by atoms with Gasteiger partial charge in [0.1, 0.15) is 5.82 Å². The summed E-state index contributed by atoms with van der Waals surface area (Å²) < 4.78 is 0. The molecule has 1 N–H and O–H groups in total. The highest BCUT2D eigenvalue weighted by Gasteiger charge is 2.30. The van der Waals surface area contributed by atoms with Crippen LogP contribution in [0.1, 0.15) is 0 Å². The normalized spacial score (nSPS) is 10.1. The van der Waals surface area contributed by atoms with Crippen LogP contribution in [0.4, 0.5) is 28.6 Å². The van der Waals surface area contributed by atoms with Gasteiger partial charge < -0.3 is 5.32 Å². The maximum absolute atomic E-state index is 11.1. The number of nitrogens with one attached hydrogen (secondary N) is 1. The van der Waals surface area contributed by atoms with E-state index in [1.807, 2.05) is 0 Å². The predicted molar refractivity (Wildman–Crippen MR) is 78.9 cm³/mol. The van der Waals surface area contributed by atoms with Crippen molar-refractivity contribution < 1.29 is 14.8 Å². The Labute approximate surface area is 132 Å². The Morgan fingerprint density at radius 3 is 1.91 bits per heavy atom. The summed E-state index contributed by atoms with van der Waals surface area (Å²) in [6.45, 7) is 0. The molecule has 0 aliphatic heterocycles. The molecule has 0 fully saturated rings. The van der Waals surface area contributed by atoms with Crippen molar-refractivity contribution >= 4 is 40.2 Å². The molecule has 0 unspecified atom stereocenters. The molecule has 1 aromatic carbocycles. The average molecular weight is 340 g/mol. The maximum atomic E-state index is 11.1. The van der Waals surface area contributed by atoms with Gasteiger partial charge in [-0.25, -0.2) is 4.98 Å². The molecule has 12 heteroatoms. The Balaban J connectivity index is 2.63. The summed E-state index contributed by atoms with van der Waals surface area (Å²) in [5, 5.41) is 35.7. The van der Waals surface area contributed by atoms with Crippen molar-refractivity contribution in [1.29, 1.82) is 0 Å². The van der Waals surface area contributed by atoms with Crippen molar-refractivity contribution in [3.63, 3.8) is 0 Å². The van der Waals surface area contributed by atoms with E-state index < -0.39 is 37.5 Å². The Morgan fingerprint density at radius 2 is 1.52 bits per heavy atom. The van der Waals surface area contributed by atoms with E-state index in [1.165, 1.54) is 18.3 Å². The SMILES string of the molecule is O=[N+]([O-])c1cc([N+](=O)[O-])c(Nc2ccc(Cl)cn2)c([N+](=O)[O-])c1. The van der Waals surface area contributed by atoms with Crippen molar-refractivity contribution in [1.82, 2.24) is 4.98 Å². The Hall–Kier alpha value is -3.34. The van der Waals surface area contributed by atoms with Gasteiger partial charge in [0, 0.05) is 6.20 Å². The topological polar surface area (TPSA) is 154 Å². The Bertz CT molecular complexity index is 774. The number of nitro groups is 3. The third-order valence-corrected chi connectivity index (χ3v) is 2.89. The maximum Gasteiger partial charge on any atom is 0.306 e. The molecule has 0 aliphatic carbocycles. The van der Waals surface area contributed by atoms with Crippen LogP contribution in [0.3, 0.4) is 0 Å². The van der Waals surface area contributed by atoms with Gasteiger partial charge in [0.15, 0.2) is 5.69 Å². The molecule has 2 rings (SSSR count). The van der Waals surface area contributed by atoms with Crippen LogP contribution in [0.15, 0.2) is 30.5 Å². The van der Waals surface area contributed by atoms with E-state index in [9.17, 15) is 30.3 Å². The second-order valence-corrected chi connectivity index (χ2v) is 4.55. The molecule has 1 heterocycles. The zero-order valence-corrected chi connectivity index (χ0v) is 11.8. The molecule has 0 radical (unpaired) electrons. The molecule has 0 saturated heterocycles. The number of anilines is 2. The van der Waals surface area contributed by atoms with Crippen molar-refractivity contribution in [2.75, 3.05) is 5.32 Å². The van der Waals surface area contributed by atoms with Crippen LogP contribution < -0.4 is 5.32 Å². The molecule has 2 aromatic rings.